The van der Waals surface area contributed by atoms with E-state index in [-0.39, 0.29) is 0 Å². The quantitative estimate of drug-likeness (QED) is 0.855. The first-order valence-electron chi connectivity index (χ1n) is 5.95. The largest absolute Gasteiger partial charge is 0.349 e. The number of hydrogen-bond acceptors (Lipinski definition) is 3. The Morgan fingerprint density at radius 2 is 2.29 bits per heavy atom. The van der Waals surface area contributed by atoms with E-state index in [1.165, 1.54) is 15.3 Å². The fourth-order valence-electron chi connectivity index (χ4n) is 2.03. The van der Waals surface area contributed by atoms with Crippen LogP contribution in [-0.2, 0) is 6.42 Å². The van der Waals surface area contributed by atoms with E-state index >= 15 is 0 Å². The van der Waals surface area contributed by atoms with Crippen molar-refractivity contribution in [3.8, 4) is 0 Å². The van der Waals surface area contributed by atoms with Crippen molar-refractivity contribution in [2.24, 2.45) is 0 Å². The molecule has 0 aliphatic carbocycles. The second-order valence-corrected chi connectivity index (χ2v) is 5.79. The third-order valence-electron chi connectivity index (χ3n) is 2.91. The van der Waals surface area contributed by atoms with Crippen molar-refractivity contribution in [1.82, 2.24) is 15.3 Å². The normalized spacial score (nSPS) is 12.9. The highest BCUT2D eigenvalue weighted by Gasteiger charge is 2.10. The zero-order valence-electron chi connectivity index (χ0n) is 10.6. The SMILES string of the molecule is Cc1cc(C(C)NCCc2ncc[nH]2)c(C)s1. The number of hydrogen-bond donors (Lipinski definition) is 2. The Hall–Kier alpha value is -1.13. The van der Waals surface area contributed by atoms with Crippen LogP contribution >= 0.6 is 11.3 Å². The van der Waals surface area contributed by atoms with E-state index in [0.717, 1.165) is 18.8 Å². The zero-order valence-corrected chi connectivity index (χ0v) is 11.4. The second-order valence-electron chi connectivity index (χ2n) is 4.33. The molecule has 2 heterocycles. The van der Waals surface area contributed by atoms with Gasteiger partial charge in [0, 0.05) is 41.2 Å². The molecule has 17 heavy (non-hydrogen) atoms. The van der Waals surface area contributed by atoms with Gasteiger partial charge in [-0.15, -0.1) is 11.3 Å². The van der Waals surface area contributed by atoms with Crippen molar-refractivity contribution in [2.45, 2.75) is 33.2 Å². The first kappa shape index (κ1) is 12.3. The molecular formula is C13H19N3S. The summed E-state index contributed by atoms with van der Waals surface area (Å²) in [5.74, 6) is 1.04. The summed E-state index contributed by atoms with van der Waals surface area (Å²) < 4.78 is 0. The molecule has 4 heteroatoms. The number of nitrogens with zero attached hydrogens (tertiary/aromatic N) is 1. The third-order valence-corrected chi connectivity index (χ3v) is 3.89. The molecule has 0 spiro atoms. The van der Waals surface area contributed by atoms with Crippen LogP contribution in [0.3, 0.4) is 0 Å². The van der Waals surface area contributed by atoms with Gasteiger partial charge in [-0.1, -0.05) is 0 Å². The average Bonchev–Trinajstić information content (AvgIpc) is 2.88. The van der Waals surface area contributed by atoms with Crippen molar-refractivity contribution in [1.29, 1.82) is 0 Å². The van der Waals surface area contributed by atoms with Crippen molar-refractivity contribution in [3.05, 3.63) is 39.6 Å². The van der Waals surface area contributed by atoms with Gasteiger partial charge in [0.25, 0.3) is 0 Å². The molecule has 1 unspecified atom stereocenters. The lowest BCUT2D eigenvalue weighted by atomic mass is 10.1. The Kier molecular flexibility index (Phi) is 3.97. The van der Waals surface area contributed by atoms with Crippen LogP contribution in [0.2, 0.25) is 0 Å². The van der Waals surface area contributed by atoms with Gasteiger partial charge in [-0.05, 0) is 32.4 Å². The van der Waals surface area contributed by atoms with Gasteiger partial charge in [0.15, 0.2) is 0 Å². The van der Waals surface area contributed by atoms with Crippen LogP contribution in [0.5, 0.6) is 0 Å². The minimum absolute atomic E-state index is 0.412. The molecule has 2 N–H and O–H groups in total. The van der Waals surface area contributed by atoms with Crippen molar-refractivity contribution < 1.29 is 0 Å². The number of thiophene rings is 1. The lowest BCUT2D eigenvalue weighted by Crippen LogP contribution is -2.21. The molecular weight excluding hydrogens is 230 g/mol. The standard InChI is InChI=1S/C13H19N3S/c1-9-8-12(11(3)17-9)10(2)14-5-4-13-15-6-7-16-13/h6-8,10,14H,4-5H2,1-3H3,(H,15,16). The van der Waals surface area contributed by atoms with Gasteiger partial charge in [0.1, 0.15) is 5.82 Å². The van der Waals surface area contributed by atoms with E-state index in [0.29, 0.717) is 6.04 Å². The number of nitrogens with one attached hydrogen (secondary N) is 2. The number of aryl methyl sites for hydroxylation is 2. The molecule has 0 bridgehead atoms. The number of rotatable bonds is 5. The summed E-state index contributed by atoms with van der Waals surface area (Å²) in [4.78, 5) is 10.1. The molecule has 0 aromatic carbocycles. The van der Waals surface area contributed by atoms with Gasteiger partial charge in [-0.25, -0.2) is 4.98 Å². The Labute approximate surface area is 106 Å². The number of H-pyrrole nitrogens is 1. The summed E-state index contributed by atoms with van der Waals surface area (Å²) in [6.45, 7) is 7.52. The molecule has 0 amide bonds. The lowest BCUT2D eigenvalue weighted by Gasteiger charge is -2.13. The smallest absolute Gasteiger partial charge is 0.107 e. The van der Waals surface area contributed by atoms with E-state index in [9.17, 15) is 0 Å². The molecule has 2 aromatic rings. The van der Waals surface area contributed by atoms with Gasteiger partial charge in [-0.2, -0.15) is 0 Å². The molecule has 2 rings (SSSR count). The van der Waals surface area contributed by atoms with Gasteiger partial charge < -0.3 is 10.3 Å². The third kappa shape index (κ3) is 3.17. The van der Waals surface area contributed by atoms with Crippen LogP contribution in [0.25, 0.3) is 0 Å². The maximum Gasteiger partial charge on any atom is 0.107 e. The van der Waals surface area contributed by atoms with E-state index < -0.39 is 0 Å². The van der Waals surface area contributed by atoms with Gasteiger partial charge >= 0.3 is 0 Å². The molecule has 0 aliphatic rings. The zero-order chi connectivity index (χ0) is 12.3. The fraction of sp³-hybridized carbons (Fsp3) is 0.462. The van der Waals surface area contributed by atoms with E-state index in [1.54, 1.807) is 6.20 Å². The first-order valence-corrected chi connectivity index (χ1v) is 6.77. The van der Waals surface area contributed by atoms with Crippen molar-refractivity contribution in [2.75, 3.05) is 6.54 Å². The molecule has 0 saturated heterocycles. The molecule has 3 nitrogen and oxygen atoms in total. The molecule has 0 radical (unpaired) electrons. The minimum atomic E-state index is 0.412. The highest BCUT2D eigenvalue weighted by Crippen LogP contribution is 2.25. The Balaban J connectivity index is 1.85. The second kappa shape index (κ2) is 5.47. The summed E-state index contributed by atoms with van der Waals surface area (Å²) in [7, 11) is 0. The summed E-state index contributed by atoms with van der Waals surface area (Å²) in [5, 5.41) is 3.54. The summed E-state index contributed by atoms with van der Waals surface area (Å²) in [6, 6.07) is 2.69. The van der Waals surface area contributed by atoms with Crippen LogP contribution in [0.4, 0.5) is 0 Å². The predicted octanol–water partition coefficient (Wildman–Crippen LogP) is 2.98. The Bertz CT molecular complexity index is 459. The van der Waals surface area contributed by atoms with Gasteiger partial charge in [0.2, 0.25) is 0 Å². The minimum Gasteiger partial charge on any atom is -0.349 e. The van der Waals surface area contributed by atoms with Gasteiger partial charge in [-0.3, -0.25) is 0 Å². The summed E-state index contributed by atoms with van der Waals surface area (Å²) >= 11 is 1.87. The maximum absolute atomic E-state index is 4.21. The average molecular weight is 249 g/mol. The van der Waals surface area contributed by atoms with Crippen LogP contribution in [0, 0.1) is 13.8 Å². The van der Waals surface area contributed by atoms with Crippen LogP contribution < -0.4 is 5.32 Å². The number of aromatic amines is 1. The van der Waals surface area contributed by atoms with E-state index in [2.05, 4.69) is 42.1 Å². The highest BCUT2D eigenvalue weighted by atomic mass is 32.1. The molecule has 92 valence electrons. The van der Waals surface area contributed by atoms with Crippen LogP contribution in [0.15, 0.2) is 18.5 Å². The van der Waals surface area contributed by atoms with E-state index in [4.69, 9.17) is 0 Å². The van der Waals surface area contributed by atoms with Crippen LogP contribution in [-0.4, -0.2) is 16.5 Å². The molecule has 0 saturated carbocycles. The van der Waals surface area contributed by atoms with E-state index in [1.807, 2.05) is 17.5 Å². The van der Waals surface area contributed by atoms with Crippen LogP contribution in [0.1, 0.15) is 34.1 Å². The maximum atomic E-state index is 4.21. The number of aromatic nitrogens is 2. The topological polar surface area (TPSA) is 40.7 Å². The molecule has 2 aromatic heterocycles. The lowest BCUT2D eigenvalue weighted by molar-refractivity contribution is 0.570. The highest BCUT2D eigenvalue weighted by molar-refractivity contribution is 7.12. The Morgan fingerprint density at radius 3 is 2.88 bits per heavy atom. The Morgan fingerprint density at radius 1 is 1.47 bits per heavy atom. The number of imidazole rings is 1. The summed E-state index contributed by atoms with van der Waals surface area (Å²) in [6.07, 6.45) is 4.61. The fourth-order valence-corrected chi connectivity index (χ4v) is 3.05. The summed E-state index contributed by atoms with van der Waals surface area (Å²) in [5.41, 5.74) is 1.42. The first-order chi connectivity index (χ1) is 8.16. The predicted molar refractivity (Wildman–Crippen MR) is 72.5 cm³/mol. The van der Waals surface area contributed by atoms with Crippen molar-refractivity contribution >= 4 is 11.3 Å². The van der Waals surface area contributed by atoms with Crippen molar-refractivity contribution in [3.63, 3.8) is 0 Å². The molecule has 1 atom stereocenters. The van der Waals surface area contributed by atoms with Gasteiger partial charge in [0.05, 0.1) is 0 Å². The molecule has 0 fully saturated rings. The molecule has 0 aliphatic heterocycles. The monoisotopic (exact) mass is 249 g/mol.